The minimum Gasteiger partial charge on any atom is -0.381 e. The molecule has 8 heteroatoms. The molecule has 0 radical (unpaired) electrons. The Hall–Kier alpha value is -1.51. The maximum atomic E-state index is 12.2. The van der Waals surface area contributed by atoms with E-state index in [0.29, 0.717) is 38.4 Å². The summed E-state index contributed by atoms with van der Waals surface area (Å²) in [4.78, 5) is 16.2. The van der Waals surface area contributed by atoms with E-state index in [4.69, 9.17) is 4.74 Å². The van der Waals surface area contributed by atoms with Crippen LogP contribution in [0.2, 0.25) is 0 Å². The Kier molecular flexibility index (Phi) is 4.65. The third kappa shape index (κ3) is 3.88. The fraction of sp³-hybridized carbons (Fsp3) is 0.600. The van der Waals surface area contributed by atoms with Gasteiger partial charge in [0, 0.05) is 31.6 Å². The number of aromatic nitrogens is 1. The van der Waals surface area contributed by atoms with E-state index in [-0.39, 0.29) is 23.7 Å². The van der Waals surface area contributed by atoms with Crippen molar-refractivity contribution in [2.45, 2.75) is 6.42 Å². The van der Waals surface area contributed by atoms with Gasteiger partial charge in [0.25, 0.3) is 0 Å². The lowest BCUT2D eigenvalue weighted by Gasteiger charge is -2.32. The SMILES string of the molecule is CS(=O)(=O)N1C[C@H]2COC[C@@H](CC(=O)Nc3cccnc3)[C@H]2C1. The van der Waals surface area contributed by atoms with E-state index in [1.807, 2.05) is 0 Å². The summed E-state index contributed by atoms with van der Waals surface area (Å²) in [6.45, 7) is 2.04. The van der Waals surface area contributed by atoms with E-state index < -0.39 is 10.0 Å². The van der Waals surface area contributed by atoms with Gasteiger partial charge in [-0.3, -0.25) is 9.78 Å². The van der Waals surface area contributed by atoms with Gasteiger partial charge in [0.1, 0.15) is 0 Å². The zero-order chi connectivity index (χ0) is 16.4. The van der Waals surface area contributed by atoms with Gasteiger partial charge in [-0.25, -0.2) is 12.7 Å². The molecule has 0 aromatic carbocycles. The first-order valence-electron chi connectivity index (χ1n) is 7.66. The van der Waals surface area contributed by atoms with Crippen LogP contribution in [0.15, 0.2) is 24.5 Å². The molecule has 0 bridgehead atoms. The van der Waals surface area contributed by atoms with Crippen LogP contribution in [0, 0.1) is 17.8 Å². The highest BCUT2D eigenvalue weighted by atomic mass is 32.2. The molecule has 3 rings (SSSR count). The number of hydrogen-bond donors (Lipinski definition) is 1. The lowest BCUT2D eigenvalue weighted by Crippen LogP contribution is -2.37. The quantitative estimate of drug-likeness (QED) is 0.866. The number of anilines is 1. The van der Waals surface area contributed by atoms with Gasteiger partial charge < -0.3 is 10.1 Å². The third-order valence-corrected chi connectivity index (χ3v) is 5.83. The Bertz CT molecular complexity index is 665. The van der Waals surface area contributed by atoms with Gasteiger partial charge >= 0.3 is 0 Å². The van der Waals surface area contributed by atoms with Crippen molar-refractivity contribution >= 4 is 21.6 Å². The minimum absolute atomic E-state index is 0.0390. The van der Waals surface area contributed by atoms with E-state index in [2.05, 4.69) is 10.3 Å². The highest BCUT2D eigenvalue weighted by Crippen LogP contribution is 2.36. The summed E-state index contributed by atoms with van der Waals surface area (Å²) in [6.07, 6.45) is 4.80. The minimum atomic E-state index is -3.19. The molecule has 3 heterocycles. The number of rotatable bonds is 4. The zero-order valence-corrected chi connectivity index (χ0v) is 13.8. The topological polar surface area (TPSA) is 88.6 Å². The van der Waals surface area contributed by atoms with Crippen molar-refractivity contribution in [2.75, 3.05) is 37.9 Å². The molecule has 1 N–H and O–H groups in total. The lowest BCUT2D eigenvalue weighted by atomic mass is 9.81. The number of amides is 1. The van der Waals surface area contributed by atoms with Crippen molar-refractivity contribution in [3.8, 4) is 0 Å². The first-order chi connectivity index (χ1) is 10.9. The Balaban J connectivity index is 1.62. The summed E-state index contributed by atoms with van der Waals surface area (Å²) in [7, 11) is -3.19. The molecule has 1 aromatic heterocycles. The predicted molar refractivity (Wildman–Crippen MR) is 85.2 cm³/mol. The molecule has 23 heavy (non-hydrogen) atoms. The number of ether oxygens (including phenoxy) is 1. The van der Waals surface area contributed by atoms with Crippen LogP contribution in [0.5, 0.6) is 0 Å². The van der Waals surface area contributed by atoms with E-state index >= 15 is 0 Å². The summed E-state index contributed by atoms with van der Waals surface area (Å²) in [5.74, 6) is 0.301. The standard InChI is InChI=1S/C15H21N3O4S/c1-23(20,21)18-7-12-10-22-9-11(14(12)8-18)5-15(19)17-13-3-2-4-16-6-13/h2-4,6,11-12,14H,5,7-10H2,1H3,(H,17,19)/t11-,12+,14-/m1/s1. The molecule has 3 atom stereocenters. The Morgan fingerprint density at radius 1 is 1.43 bits per heavy atom. The van der Waals surface area contributed by atoms with Crippen molar-refractivity contribution in [2.24, 2.45) is 17.8 Å². The molecule has 126 valence electrons. The van der Waals surface area contributed by atoms with Crippen LogP contribution in [0.3, 0.4) is 0 Å². The Morgan fingerprint density at radius 2 is 2.26 bits per heavy atom. The zero-order valence-electron chi connectivity index (χ0n) is 13.0. The molecule has 1 aromatic rings. The monoisotopic (exact) mass is 339 g/mol. The molecule has 2 aliphatic heterocycles. The third-order valence-electron chi connectivity index (χ3n) is 4.59. The molecule has 2 fully saturated rings. The Morgan fingerprint density at radius 3 is 2.96 bits per heavy atom. The smallest absolute Gasteiger partial charge is 0.224 e. The van der Waals surface area contributed by atoms with Gasteiger partial charge in [-0.05, 0) is 24.0 Å². The first kappa shape index (κ1) is 16.4. The number of carbonyl (C=O) groups is 1. The molecule has 2 aliphatic rings. The number of carbonyl (C=O) groups excluding carboxylic acids is 1. The summed E-state index contributed by atoms with van der Waals surface area (Å²) in [5, 5.41) is 2.82. The van der Waals surface area contributed by atoms with Crippen LogP contribution >= 0.6 is 0 Å². The van der Waals surface area contributed by atoms with Crippen molar-refractivity contribution in [3.05, 3.63) is 24.5 Å². The largest absolute Gasteiger partial charge is 0.381 e. The second kappa shape index (κ2) is 6.54. The van der Waals surface area contributed by atoms with Gasteiger partial charge in [-0.1, -0.05) is 0 Å². The molecule has 0 aliphatic carbocycles. The first-order valence-corrected chi connectivity index (χ1v) is 9.51. The number of nitrogens with zero attached hydrogens (tertiary/aromatic N) is 2. The average Bonchev–Trinajstić information content (AvgIpc) is 2.93. The van der Waals surface area contributed by atoms with Gasteiger partial charge in [0.05, 0.1) is 31.4 Å². The van der Waals surface area contributed by atoms with Crippen molar-refractivity contribution < 1.29 is 17.9 Å². The maximum Gasteiger partial charge on any atom is 0.224 e. The molecule has 7 nitrogen and oxygen atoms in total. The molecule has 2 saturated heterocycles. The number of sulfonamides is 1. The summed E-state index contributed by atoms with van der Waals surface area (Å²) in [5.41, 5.74) is 0.662. The number of hydrogen-bond acceptors (Lipinski definition) is 5. The van der Waals surface area contributed by atoms with Crippen molar-refractivity contribution in [1.29, 1.82) is 0 Å². The molecule has 0 spiro atoms. The van der Waals surface area contributed by atoms with Gasteiger partial charge in [0.15, 0.2) is 0 Å². The van der Waals surface area contributed by atoms with E-state index in [1.165, 1.54) is 10.6 Å². The molecular formula is C15H21N3O4S. The predicted octanol–water partition coefficient (Wildman–Crippen LogP) is 0.564. The fourth-order valence-corrected chi connectivity index (χ4v) is 4.33. The maximum absolute atomic E-state index is 12.2. The van der Waals surface area contributed by atoms with Crippen LogP contribution in [0.4, 0.5) is 5.69 Å². The summed E-state index contributed by atoms with van der Waals surface area (Å²) < 4.78 is 30.6. The van der Waals surface area contributed by atoms with Crippen LogP contribution in [0.1, 0.15) is 6.42 Å². The second-order valence-corrected chi connectivity index (χ2v) is 8.28. The van der Waals surface area contributed by atoms with Crippen LogP contribution in [-0.2, 0) is 19.6 Å². The number of fused-ring (bicyclic) bond motifs is 1. The molecule has 1 amide bonds. The molecule has 0 saturated carbocycles. The second-order valence-electron chi connectivity index (χ2n) is 6.30. The highest BCUT2D eigenvalue weighted by molar-refractivity contribution is 7.88. The average molecular weight is 339 g/mol. The van der Waals surface area contributed by atoms with Gasteiger partial charge in [-0.2, -0.15) is 0 Å². The van der Waals surface area contributed by atoms with E-state index in [0.717, 1.165) is 0 Å². The van der Waals surface area contributed by atoms with Crippen LogP contribution in [-0.4, -0.2) is 56.2 Å². The number of nitrogens with one attached hydrogen (secondary N) is 1. The molecular weight excluding hydrogens is 318 g/mol. The van der Waals surface area contributed by atoms with Gasteiger partial charge in [-0.15, -0.1) is 0 Å². The summed E-state index contributed by atoms with van der Waals surface area (Å²) in [6, 6.07) is 3.54. The summed E-state index contributed by atoms with van der Waals surface area (Å²) >= 11 is 0. The lowest BCUT2D eigenvalue weighted by molar-refractivity contribution is -0.119. The van der Waals surface area contributed by atoms with E-state index in [1.54, 1.807) is 24.5 Å². The van der Waals surface area contributed by atoms with Crippen molar-refractivity contribution in [1.82, 2.24) is 9.29 Å². The normalized spacial score (nSPS) is 28.3. The van der Waals surface area contributed by atoms with Gasteiger partial charge in [0.2, 0.25) is 15.9 Å². The fourth-order valence-electron chi connectivity index (χ4n) is 3.43. The van der Waals surface area contributed by atoms with Crippen LogP contribution in [0.25, 0.3) is 0 Å². The Labute approximate surface area is 136 Å². The van der Waals surface area contributed by atoms with E-state index in [9.17, 15) is 13.2 Å². The molecule has 0 unspecified atom stereocenters. The number of pyridine rings is 1. The van der Waals surface area contributed by atoms with Crippen LogP contribution < -0.4 is 5.32 Å². The van der Waals surface area contributed by atoms with Crippen molar-refractivity contribution in [3.63, 3.8) is 0 Å². The highest BCUT2D eigenvalue weighted by Gasteiger charge is 2.44.